The molecule has 0 unspecified atom stereocenters. The Morgan fingerprint density at radius 2 is 1.20 bits per heavy atom. The molecule has 0 radical (unpaired) electrons. The number of thiophene rings is 1. The van der Waals surface area contributed by atoms with E-state index in [0.717, 1.165) is 5.52 Å². The quantitative estimate of drug-likeness (QED) is 0.222. The average Bonchev–Trinajstić information content (AvgIpc) is 3.53. The first-order valence-corrected chi connectivity index (χ1v) is 14.5. The molecule has 0 amide bonds. The summed E-state index contributed by atoms with van der Waals surface area (Å²) in [6.07, 6.45) is 1.88. The van der Waals surface area contributed by atoms with E-state index in [1.165, 1.54) is 75.7 Å². The Kier molecular flexibility index (Phi) is 5.16. The smallest absolute Gasteiger partial charge is 0.0888 e. The zero-order valence-electron chi connectivity index (χ0n) is 22.3. The molecule has 5 aromatic carbocycles. The Bertz CT molecular complexity index is 2200. The van der Waals surface area contributed by atoms with Gasteiger partial charge < -0.3 is 4.57 Å². The Morgan fingerprint density at radius 3 is 1.93 bits per heavy atom. The van der Waals surface area contributed by atoms with Gasteiger partial charge in [-0.25, -0.2) is 0 Å². The van der Waals surface area contributed by atoms with E-state index in [2.05, 4.69) is 133 Å². The van der Waals surface area contributed by atoms with Gasteiger partial charge in [-0.05, 0) is 95.8 Å². The van der Waals surface area contributed by atoms with Gasteiger partial charge in [0.15, 0.2) is 0 Å². The normalized spacial score (nSPS) is 11.8. The van der Waals surface area contributed by atoms with Crippen LogP contribution in [0, 0.1) is 13.8 Å². The molecule has 0 spiro atoms. The summed E-state index contributed by atoms with van der Waals surface area (Å²) in [5.41, 5.74) is 12.3. The minimum Gasteiger partial charge on any atom is -0.309 e. The molecule has 0 aliphatic carbocycles. The second-order valence-corrected chi connectivity index (χ2v) is 11.6. The van der Waals surface area contributed by atoms with Gasteiger partial charge in [0.2, 0.25) is 0 Å². The molecule has 0 fully saturated rings. The largest absolute Gasteiger partial charge is 0.309 e. The van der Waals surface area contributed by atoms with Gasteiger partial charge in [0, 0.05) is 32.7 Å². The molecule has 0 aliphatic heterocycles. The molecule has 40 heavy (non-hydrogen) atoms. The fraction of sp³-hybridized carbons (Fsp3) is 0.0541. The van der Waals surface area contributed by atoms with Crippen molar-refractivity contribution in [2.24, 2.45) is 0 Å². The first-order valence-electron chi connectivity index (χ1n) is 13.6. The first-order chi connectivity index (χ1) is 19.7. The average molecular weight is 531 g/mol. The number of hydrogen-bond donors (Lipinski definition) is 0. The third-order valence-electron chi connectivity index (χ3n) is 8.12. The molecule has 3 heteroatoms. The zero-order valence-corrected chi connectivity index (χ0v) is 23.2. The molecule has 0 saturated heterocycles. The second-order valence-electron chi connectivity index (χ2n) is 10.6. The van der Waals surface area contributed by atoms with Crippen LogP contribution in [0.4, 0.5) is 0 Å². The van der Waals surface area contributed by atoms with Gasteiger partial charge in [0.05, 0.1) is 21.3 Å². The van der Waals surface area contributed by atoms with Crippen molar-refractivity contribution < 1.29 is 0 Å². The van der Waals surface area contributed by atoms with Gasteiger partial charge in [-0.3, -0.25) is 4.98 Å². The van der Waals surface area contributed by atoms with Crippen LogP contribution in [0.25, 0.3) is 70.0 Å². The number of pyridine rings is 1. The van der Waals surface area contributed by atoms with Crippen molar-refractivity contribution in [2.45, 2.75) is 13.8 Å². The van der Waals surface area contributed by atoms with E-state index in [9.17, 15) is 0 Å². The summed E-state index contributed by atoms with van der Waals surface area (Å²) < 4.78 is 4.90. The highest BCUT2D eigenvalue weighted by Crippen LogP contribution is 2.38. The fourth-order valence-electron chi connectivity index (χ4n) is 6.21. The maximum absolute atomic E-state index is 4.65. The molecular formula is C37H26N2S. The van der Waals surface area contributed by atoms with E-state index in [1.54, 1.807) is 11.3 Å². The molecule has 0 N–H and O–H groups in total. The number of hydrogen-bond acceptors (Lipinski definition) is 2. The third-order valence-corrected chi connectivity index (χ3v) is 9.25. The minimum absolute atomic E-state index is 1.09. The van der Waals surface area contributed by atoms with Gasteiger partial charge in [-0.2, -0.15) is 0 Å². The van der Waals surface area contributed by atoms with Crippen molar-refractivity contribution in [3.05, 3.63) is 133 Å². The number of fused-ring (bicyclic) bond motifs is 6. The number of aryl methyl sites for hydroxylation is 2. The second kappa shape index (κ2) is 8.90. The van der Waals surface area contributed by atoms with Crippen molar-refractivity contribution in [2.75, 3.05) is 0 Å². The Balaban J connectivity index is 1.20. The van der Waals surface area contributed by atoms with Crippen molar-refractivity contribution in [1.29, 1.82) is 0 Å². The van der Waals surface area contributed by atoms with Crippen LogP contribution in [0.1, 0.15) is 11.1 Å². The van der Waals surface area contributed by atoms with Crippen LogP contribution in [-0.4, -0.2) is 9.55 Å². The van der Waals surface area contributed by atoms with Crippen LogP contribution < -0.4 is 0 Å². The molecule has 0 aliphatic rings. The van der Waals surface area contributed by atoms with Crippen LogP contribution in [0.5, 0.6) is 0 Å². The van der Waals surface area contributed by atoms with Gasteiger partial charge >= 0.3 is 0 Å². The summed E-state index contributed by atoms with van der Waals surface area (Å²) in [6.45, 7) is 4.45. The molecule has 2 nitrogen and oxygen atoms in total. The molecule has 3 aromatic heterocycles. The predicted octanol–water partition coefficient (Wildman–Crippen LogP) is 10.5. The molecule has 8 rings (SSSR count). The van der Waals surface area contributed by atoms with Crippen molar-refractivity contribution in [3.8, 4) is 27.9 Å². The van der Waals surface area contributed by atoms with Crippen LogP contribution in [-0.2, 0) is 0 Å². The van der Waals surface area contributed by atoms with E-state index in [-0.39, 0.29) is 0 Å². The number of aromatic nitrogens is 2. The first kappa shape index (κ1) is 23.2. The van der Waals surface area contributed by atoms with Gasteiger partial charge in [-0.15, -0.1) is 11.3 Å². The molecular weight excluding hydrogens is 504 g/mol. The molecule has 8 aromatic rings. The predicted molar refractivity (Wildman–Crippen MR) is 172 cm³/mol. The number of benzene rings is 5. The molecule has 0 saturated carbocycles. The van der Waals surface area contributed by atoms with Gasteiger partial charge in [-0.1, -0.05) is 66.7 Å². The number of para-hydroxylation sites is 2. The van der Waals surface area contributed by atoms with Crippen LogP contribution in [0.15, 0.2) is 121 Å². The summed E-state index contributed by atoms with van der Waals surface area (Å²) in [7, 11) is 0. The maximum Gasteiger partial charge on any atom is 0.0888 e. The fourth-order valence-corrected chi connectivity index (χ4v) is 7.26. The van der Waals surface area contributed by atoms with Crippen LogP contribution in [0.2, 0.25) is 0 Å². The number of rotatable bonds is 3. The minimum atomic E-state index is 1.09. The van der Waals surface area contributed by atoms with Gasteiger partial charge in [0.25, 0.3) is 0 Å². The van der Waals surface area contributed by atoms with E-state index < -0.39 is 0 Å². The molecule has 190 valence electrons. The Morgan fingerprint density at radius 1 is 0.550 bits per heavy atom. The van der Waals surface area contributed by atoms with E-state index in [1.807, 2.05) is 12.3 Å². The maximum atomic E-state index is 4.65. The summed E-state index contributed by atoms with van der Waals surface area (Å²) >= 11 is 1.81. The standard InChI is InChI=1S/C37H26N2S/c1-23-20-25(26-14-18-35-32(22-26)37-36(40-35)12-7-19-38-37)13-16-28(23)29-17-15-27(21-24(29)2)39-33-10-5-3-8-30(33)31-9-4-6-11-34(31)39/h3-22H,1-2H3. The van der Waals surface area contributed by atoms with Gasteiger partial charge in [0.1, 0.15) is 0 Å². The highest BCUT2D eigenvalue weighted by Gasteiger charge is 2.14. The highest BCUT2D eigenvalue weighted by molar-refractivity contribution is 7.25. The molecule has 0 bridgehead atoms. The summed E-state index contributed by atoms with van der Waals surface area (Å²) in [5, 5.41) is 3.81. The van der Waals surface area contributed by atoms with E-state index in [0.29, 0.717) is 0 Å². The zero-order chi connectivity index (χ0) is 26.8. The van der Waals surface area contributed by atoms with E-state index in [4.69, 9.17) is 0 Å². The van der Waals surface area contributed by atoms with Crippen molar-refractivity contribution in [1.82, 2.24) is 9.55 Å². The summed E-state index contributed by atoms with van der Waals surface area (Å²) in [5.74, 6) is 0. The van der Waals surface area contributed by atoms with Crippen molar-refractivity contribution >= 4 is 53.4 Å². The van der Waals surface area contributed by atoms with Crippen molar-refractivity contribution in [3.63, 3.8) is 0 Å². The van der Waals surface area contributed by atoms with E-state index >= 15 is 0 Å². The lowest BCUT2D eigenvalue weighted by atomic mass is 9.93. The summed E-state index contributed by atoms with van der Waals surface area (Å²) in [6, 6.07) is 42.0. The Labute approximate surface area is 236 Å². The number of nitrogens with zero attached hydrogens (tertiary/aromatic N) is 2. The highest BCUT2D eigenvalue weighted by atomic mass is 32.1. The molecule has 0 atom stereocenters. The topological polar surface area (TPSA) is 17.8 Å². The lowest BCUT2D eigenvalue weighted by Crippen LogP contribution is -1.96. The molecule has 3 heterocycles. The lowest BCUT2D eigenvalue weighted by molar-refractivity contribution is 1.17. The summed E-state index contributed by atoms with van der Waals surface area (Å²) in [4.78, 5) is 4.65. The van der Waals surface area contributed by atoms with Crippen LogP contribution in [0.3, 0.4) is 0 Å². The Hall–Kier alpha value is -4.73. The SMILES string of the molecule is Cc1cc(-c2ccc3sc4cccnc4c3c2)ccc1-c1ccc(-n2c3ccccc3c3ccccc32)cc1C. The van der Waals surface area contributed by atoms with Crippen LogP contribution >= 0.6 is 11.3 Å². The third kappa shape index (κ3) is 3.52. The monoisotopic (exact) mass is 530 g/mol. The lowest BCUT2D eigenvalue weighted by Gasteiger charge is -2.15.